The van der Waals surface area contributed by atoms with Crippen molar-refractivity contribution in [2.45, 2.75) is 18.7 Å². The Morgan fingerprint density at radius 3 is 2.20 bits per heavy atom. The van der Waals surface area contributed by atoms with Crippen molar-refractivity contribution in [2.75, 3.05) is 13.7 Å². The van der Waals surface area contributed by atoms with Crippen LogP contribution < -0.4 is 5.73 Å². The summed E-state index contributed by atoms with van der Waals surface area (Å²) in [6.07, 6.45) is -4.30. The molecule has 0 fully saturated rings. The highest BCUT2D eigenvalue weighted by Gasteiger charge is 2.35. The SMILES string of the molecule is COC(C)(CN)c1ccc(C(F)(F)F)s1. The highest BCUT2D eigenvalue weighted by Crippen LogP contribution is 2.38. The van der Waals surface area contributed by atoms with Crippen molar-refractivity contribution in [1.82, 2.24) is 0 Å². The Labute approximate surface area is 89.8 Å². The molecule has 0 saturated carbocycles. The Hall–Kier alpha value is -0.590. The molecule has 1 heterocycles. The predicted molar refractivity (Wildman–Crippen MR) is 52.7 cm³/mol. The number of hydrogen-bond acceptors (Lipinski definition) is 3. The van der Waals surface area contributed by atoms with Crippen molar-refractivity contribution in [3.05, 3.63) is 21.9 Å². The Morgan fingerprint density at radius 2 is 1.87 bits per heavy atom. The van der Waals surface area contributed by atoms with Gasteiger partial charge in [-0.3, -0.25) is 0 Å². The van der Waals surface area contributed by atoms with Crippen LogP contribution >= 0.6 is 11.3 Å². The van der Waals surface area contributed by atoms with Crippen molar-refractivity contribution >= 4 is 11.3 Å². The Bertz CT molecular complexity index is 330. The smallest absolute Gasteiger partial charge is 0.372 e. The molecule has 0 aromatic carbocycles. The van der Waals surface area contributed by atoms with Crippen LogP contribution in [0.5, 0.6) is 0 Å². The lowest BCUT2D eigenvalue weighted by molar-refractivity contribution is -0.134. The van der Waals surface area contributed by atoms with E-state index in [9.17, 15) is 13.2 Å². The summed E-state index contributed by atoms with van der Waals surface area (Å²) in [6, 6.07) is 2.46. The molecule has 86 valence electrons. The molecule has 0 aliphatic rings. The number of halogens is 3. The van der Waals surface area contributed by atoms with Gasteiger partial charge in [0.05, 0.1) is 0 Å². The number of rotatable bonds is 3. The van der Waals surface area contributed by atoms with Gasteiger partial charge >= 0.3 is 6.18 Å². The van der Waals surface area contributed by atoms with Crippen LogP contribution in [-0.4, -0.2) is 13.7 Å². The van der Waals surface area contributed by atoms with Gasteiger partial charge < -0.3 is 10.5 Å². The van der Waals surface area contributed by atoms with Gasteiger partial charge in [-0.15, -0.1) is 11.3 Å². The maximum Gasteiger partial charge on any atom is 0.425 e. The summed E-state index contributed by atoms with van der Waals surface area (Å²) >= 11 is 0.666. The first kappa shape index (κ1) is 12.5. The number of hydrogen-bond donors (Lipinski definition) is 1. The lowest BCUT2D eigenvalue weighted by Crippen LogP contribution is -2.32. The second-order valence-corrected chi connectivity index (χ2v) is 4.38. The van der Waals surface area contributed by atoms with Gasteiger partial charge in [-0.25, -0.2) is 0 Å². The molecular weight excluding hydrogens is 227 g/mol. The van der Waals surface area contributed by atoms with Gasteiger partial charge in [0, 0.05) is 18.5 Å². The van der Waals surface area contributed by atoms with Crippen LogP contribution in [0.1, 0.15) is 16.7 Å². The van der Waals surface area contributed by atoms with Gasteiger partial charge in [-0.05, 0) is 19.1 Å². The summed E-state index contributed by atoms with van der Waals surface area (Å²) < 4.78 is 42.1. The predicted octanol–water partition coefficient (Wildman–Crippen LogP) is 2.59. The summed E-state index contributed by atoms with van der Waals surface area (Å²) in [6.45, 7) is 1.81. The van der Waals surface area contributed by atoms with Crippen molar-refractivity contribution in [3.63, 3.8) is 0 Å². The lowest BCUT2D eigenvalue weighted by Gasteiger charge is -2.24. The summed E-state index contributed by atoms with van der Waals surface area (Å²) in [4.78, 5) is -0.144. The first-order valence-corrected chi connectivity index (χ1v) is 5.08. The Kier molecular flexibility index (Phi) is 3.42. The summed E-state index contributed by atoms with van der Waals surface area (Å²) in [5.74, 6) is 0. The molecule has 0 bridgehead atoms. The first-order chi connectivity index (χ1) is 6.83. The Morgan fingerprint density at radius 1 is 1.33 bits per heavy atom. The lowest BCUT2D eigenvalue weighted by atomic mass is 10.1. The number of nitrogens with two attached hydrogens (primary N) is 1. The van der Waals surface area contributed by atoms with E-state index in [1.165, 1.54) is 13.2 Å². The van der Waals surface area contributed by atoms with Gasteiger partial charge in [-0.2, -0.15) is 13.2 Å². The molecule has 0 aliphatic carbocycles. The fourth-order valence-corrected chi connectivity index (χ4v) is 2.07. The van der Waals surface area contributed by atoms with Gasteiger partial charge in [0.25, 0.3) is 0 Å². The van der Waals surface area contributed by atoms with E-state index in [2.05, 4.69) is 0 Å². The van der Waals surface area contributed by atoms with Crippen molar-refractivity contribution < 1.29 is 17.9 Å². The van der Waals surface area contributed by atoms with Crippen LogP contribution in [-0.2, 0) is 16.5 Å². The van der Waals surface area contributed by atoms with Crippen LogP contribution in [0.15, 0.2) is 12.1 Å². The van der Waals surface area contributed by atoms with Crippen LogP contribution in [0.2, 0.25) is 0 Å². The minimum Gasteiger partial charge on any atom is -0.372 e. The van der Waals surface area contributed by atoms with Gasteiger partial charge in [-0.1, -0.05) is 0 Å². The minimum absolute atomic E-state index is 0.140. The minimum atomic E-state index is -4.30. The summed E-state index contributed by atoms with van der Waals surface area (Å²) in [7, 11) is 1.43. The zero-order valence-corrected chi connectivity index (χ0v) is 9.21. The number of alkyl halides is 3. The number of ether oxygens (including phenoxy) is 1. The van der Waals surface area contributed by atoms with Crippen LogP contribution in [0.3, 0.4) is 0 Å². The molecule has 15 heavy (non-hydrogen) atoms. The molecule has 0 aliphatic heterocycles. The van der Waals surface area contributed by atoms with E-state index < -0.39 is 16.7 Å². The molecule has 1 aromatic heterocycles. The molecule has 1 atom stereocenters. The van der Waals surface area contributed by atoms with E-state index in [-0.39, 0.29) is 6.54 Å². The van der Waals surface area contributed by atoms with E-state index in [0.717, 1.165) is 6.07 Å². The van der Waals surface area contributed by atoms with Crippen molar-refractivity contribution in [1.29, 1.82) is 0 Å². The monoisotopic (exact) mass is 239 g/mol. The second kappa shape index (κ2) is 4.11. The highest BCUT2D eigenvalue weighted by molar-refractivity contribution is 7.12. The van der Waals surface area contributed by atoms with Crippen molar-refractivity contribution in [3.8, 4) is 0 Å². The van der Waals surface area contributed by atoms with E-state index in [0.29, 0.717) is 16.2 Å². The second-order valence-electron chi connectivity index (χ2n) is 3.30. The summed E-state index contributed by atoms with van der Waals surface area (Å²) in [5, 5.41) is 0. The van der Waals surface area contributed by atoms with Gasteiger partial charge in [0.1, 0.15) is 10.5 Å². The molecule has 6 heteroatoms. The van der Waals surface area contributed by atoms with E-state index in [4.69, 9.17) is 10.5 Å². The quantitative estimate of drug-likeness (QED) is 0.879. The van der Waals surface area contributed by atoms with Gasteiger partial charge in [0.15, 0.2) is 0 Å². The maximum absolute atomic E-state index is 12.3. The highest BCUT2D eigenvalue weighted by atomic mass is 32.1. The fourth-order valence-electron chi connectivity index (χ4n) is 1.06. The maximum atomic E-state index is 12.3. The molecule has 1 rings (SSSR count). The molecule has 2 nitrogen and oxygen atoms in total. The zero-order valence-electron chi connectivity index (χ0n) is 8.39. The third-order valence-electron chi connectivity index (χ3n) is 2.25. The van der Waals surface area contributed by atoms with Crippen LogP contribution in [0.4, 0.5) is 13.2 Å². The topological polar surface area (TPSA) is 35.2 Å². The third kappa shape index (κ3) is 2.50. The molecule has 0 radical (unpaired) electrons. The van der Waals surface area contributed by atoms with Crippen LogP contribution in [0.25, 0.3) is 0 Å². The normalized spacial score (nSPS) is 16.4. The molecule has 0 amide bonds. The fraction of sp³-hybridized carbons (Fsp3) is 0.556. The largest absolute Gasteiger partial charge is 0.425 e. The first-order valence-electron chi connectivity index (χ1n) is 4.26. The standard InChI is InChI=1S/C9H12F3NOS/c1-8(5-13,14-2)6-3-4-7(15-6)9(10,11)12/h3-4H,5,13H2,1-2H3. The van der Waals surface area contributed by atoms with Crippen molar-refractivity contribution in [2.24, 2.45) is 5.73 Å². The number of thiophene rings is 1. The molecule has 0 spiro atoms. The van der Waals surface area contributed by atoms with Crippen LogP contribution in [0, 0.1) is 0 Å². The molecule has 1 unspecified atom stereocenters. The third-order valence-corrected chi connectivity index (χ3v) is 3.62. The summed E-state index contributed by atoms with van der Waals surface area (Å²) in [5.41, 5.74) is 4.63. The van der Waals surface area contributed by atoms with E-state index in [1.807, 2.05) is 0 Å². The van der Waals surface area contributed by atoms with E-state index >= 15 is 0 Å². The average Bonchev–Trinajstić information content (AvgIpc) is 2.65. The molecular formula is C9H12F3NOS. The molecule has 0 saturated heterocycles. The Balaban J connectivity index is 3.03. The number of methoxy groups -OCH3 is 1. The van der Waals surface area contributed by atoms with E-state index in [1.54, 1.807) is 6.92 Å². The molecule has 1 aromatic rings. The average molecular weight is 239 g/mol. The molecule has 2 N–H and O–H groups in total. The zero-order chi connectivity index (χ0) is 11.7. The van der Waals surface area contributed by atoms with Gasteiger partial charge in [0.2, 0.25) is 0 Å².